The quantitative estimate of drug-likeness (QED) is 0.695. The Morgan fingerprint density at radius 3 is 2.50 bits per heavy atom. The second kappa shape index (κ2) is 7.31. The fraction of sp³-hybridized carbons (Fsp3) is 0.227. The zero-order valence-electron chi connectivity index (χ0n) is 15.5. The van der Waals surface area contributed by atoms with Gasteiger partial charge >= 0.3 is 0 Å². The third-order valence-electron chi connectivity index (χ3n) is 5.30. The largest absolute Gasteiger partial charge is 0.342 e. The maximum absolute atomic E-state index is 13.1. The third-order valence-corrected chi connectivity index (χ3v) is 5.30. The van der Waals surface area contributed by atoms with Crippen molar-refractivity contribution in [3.8, 4) is 0 Å². The topological polar surface area (TPSA) is 71.4 Å². The van der Waals surface area contributed by atoms with Crippen LogP contribution in [0, 0.1) is 0 Å². The minimum absolute atomic E-state index is 0.112. The SMILES string of the molecule is C[C@@H]1C(=O)N[C@H](Cc2cn(C=O)c3ccccc23)C(=O)N1Cc1ccccc1. The molecule has 0 aliphatic carbocycles. The van der Waals surface area contributed by atoms with Crippen LogP contribution in [0.25, 0.3) is 10.9 Å². The predicted octanol–water partition coefficient (Wildman–Crippen LogP) is 2.14. The number of aromatic nitrogens is 1. The molecule has 1 aromatic heterocycles. The van der Waals surface area contributed by atoms with Crippen LogP contribution in [0.5, 0.6) is 0 Å². The number of hydrogen-bond donors (Lipinski definition) is 1. The summed E-state index contributed by atoms with van der Waals surface area (Å²) < 4.78 is 1.50. The number of piperazine rings is 1. The lowest BCUT2D eigenvalue weighted by molar-refractivity contribution is -0.149. The average Bonchev–Trinajstić information content (AvgIpc) is 3.08. The molecule has 0 bridgehead atoms. The molecule has 6 nitrogen and oxygen atoms in total. The first-order valence-electron chi connectivity index (χ1n) is 9.27. The Kier molecular flexibility index (Phi) is 4.69. The summed E-state index contributed by atoms with van der Waals surface area (Å²) in [5, 5.41) is 3.75. The lowest BCUT2D eigenvalue weighted by Crippen LogP contribution is -2.62. The molecule has 3 aromatic rings. The Hall–Kier alpha value is -3.41. The summed E-state index contributed by atoms with van der Waals surface area (Å²) in [5.74, 6) is -0.279. The van der Waals surface area contributed by atoms with E-state index in [9.17, 15) is 14.4 Å². The van der Waals surface area contributed by atoms with Gasteiger partial charge in [-0.25, -0.2) is 0 Å². The Morgan fingerprint density at radius 2 is 1.75 bits per heavy atom. The fourth-order valence-corrected chi connectivity index (χ4v) is 3.77. The minimum atomic E-state index is -0.654. The highest BCUT2D eigenvalue weighted by Gasteiger charge is 2.38. The zero-order chi connectivity index (χ0) is 19.7. The summed E-state index contributed by atoms with van der Waals surface area (Å²) in [6.07, 6.45) is 2.82. The smallest absolute Gasteiger partial charge is 0.246 e. The number of benzene rings is 2. The summed E-state index contributed by atoms with van der Waals surface area (Å²) in [4.78, 5) is 38.6. The van der Waals surface area contributed by atoms with Gasteiger partial charge in [0.2, 0.25) is 18.2 Å². The van der Waals surface area contributed by atoms with E-state index in [0.717, 1.165) is 28.4 Å². The molecule has 0 unspecified atom stereocenters. The summed E-state index contributed by atoms with van der Waals surface area (Å²) >= 11 is 0. The van der Waals surface area contributed by atoms with E-state index in [-0.39, 0.29) is 11.8 Å². The first-order valence-corrected chi connectivity index (χ1v) is 9.27. The van der Waals surface area contributed by atoms with Crippen molar-refractivity contribution in [1.82, 2.24) is 14.8 Å². The average molecular weight is 375 g/mol. The molecule has 1 fully saturated rings. The molecule has 2 atom stereocenters. The number of nitrogens with one attached hydrogen (secondary N) is 1. The summed E-state index contributed by atoms with van der Waals surface area (Å²) in [5.41, 5.74) is 2.63. The van der Waals surface area contributed by atoms with Gasteiger partial charge in [0.25, 0.3) is 0 Å². The Morgan fingerprint density at radius 1 is 1.04 bits per heavy atom. The molecule has 142 valence electrons. The van der Waals surface area contributed by atoms with Gasteiger partial charge in [-0.3, -0.25) is 19.0 Å². The summed E-state index contributed by atoms with van der Waals surface area (Å²) in [7, 11) is 0. The molecule has 0 radical (unpaired) electrons. The fourth-order valence-electron chi connectivity index (χ4n) is 3.77. The normalized spacial score (nSPS) is 19.7. The molecule has 6 heteroatoms. The number of para-hydroxylation sites is 1. The molecule has 1 aliphatic heterocycles. The monoisotopic (exact) mass is 375 g/mol. The highest BCUT2D eigenvalue weighted by Crippen LogP contribution is 2.24. The van der Waals surface area contributed by atoms with Crippen LogP contribution < -0.4 is 5.32 Å². The predicted molar refractivity (Wildman–Crippen MR) is 106 cm³/mol. The highest BCUT2D eigenvalue weighted by molar-refractivity contribution is 5.97. The number of rotatable bonds is 5. The molecule has 1 N–H and O–H groups in total. The first kappa shape index (κ1) is 18.0. The van der Waals surface area contributed by atoms with Gasteiger partial charge in [0, 0.05) is 24.5 Å². The highest BCUT2D eigenvalue weighted by atomic mass is 16.2. The molecular formula is C22H21N3O3. The molecule has 1 aliphatic rings. The maximum atomic E-state index is 13.1. The lowest BCUT2D eigenvalue weighted by atomic mass is 9.99. The van der Waals surface area contributed by atoms with E-state index in [1.54, 1.807) is 18.0 Å². The van der Waals surface area contributed by atoms with E-state index in [1.165, 1.54) is 4.57 Å². The van der Waals surface area contributed by atoms with Gasteiger partial charge in [-0.15, -0.1) is 0 Å². The van der Waals surface area contributed by atoms with E-state index < -0.39 is 12.1 Å². The molecule has 2 aromatic carbocycles. The molecule has 4 rings (SSSR count). The van der Waals surface area contributed by atoms with Crippen molar-refractivity contribution in [2.75, 3.05) is 0 Å². The van der Waals surface area contributed by atoms with Gasteiger partial charge in [-0.05, 0) is 24.1 Å². The number of carbonyl (C=O) groups excluding carboxylic acids is 3. The van der Waals surface area contributed by atoms with Crippen molar-refractivity contribution in [2.45, 2.75) is 32.0 Å². The van der Waals surface area contributed by atoms with Gasteiger partial charge < -0.3 is 10.2 Å². The van der Waals surface area contributed by atoms with E-state index in [4.69, 9.17) is 0 Å². The second-order valence-corrected chi connectivity index (χ2v) is 7.08. The van der Waals surface area contributed by atoms with Gasteiger partial charge in [0.15, 0.2) is 0 Å². The molecule has 0 saturated carbocycles. The van der Waals surface area contributed by atoms with Gasteiger partial charge in [-0.1, -0.05) is 48.5 Å². The van der Waals surface area contributed by atoms with Crippen molar-refractivity contribution in [1.29, 1.82) is 0 Å². The van der Waals surface area contributed by atoms with Crippen LogP contribution in [0.1, 0.15) is 18.1 Å². The van der Waals surface area contributed by atoms with Crippen LogP contribution in [0.4, 0.5) is 0 Å². The van der Waals surface area contributed by atoms with Gasteiger partial charge in [0.05, 0.1) is 5.52 Å². The first-order chi connectivity index (χ1) is 13.6. The number of carbonyl (C=O) groups is 3. The molecule has 28 heavy (non-hydrogen) atoms. The number of nitrogens with zero attached hydrogens (tertiary/aromatic N) is 2. The zero-order valence-corrected chi connectivity index (χ0v) is 15.5. The van der Waals surface area contributed by atoms with Crippen LogP contribution in [0.15, 0.2) is 60.8 Å². The Labute approximate surface area is 162 Å². The molecule has 2 heterocycles. The molecule has 0 spiro atoms. The Bertz CT molecular complexity index is 1040. The van der Waals surface area contributed by atoms with E-state index in [2.05, 4.69) is 5.32 Å². The lowest BCUT2D eigenvalue weighted by Gasteiger charge is -2.37. The van der Waals surface area contributed by atoms with Crippen LogP contribution in [0.2, 0.25) is 0 Å². The molecule has 2 amide bonds. The van der Waals surface area contributed by atoms with E-state index in [1.807, 2.05) is 54.6 Å². The summed E-state index contributed by atoms with van der Waals surface area (Å²) in [6.45, 7) is 2.13. The van der Waals surface area contributed by atoms with Crippen molar-refractivity contribution < 1.29 is 14.4 Å². The number of hydrogen-bond acceptors (Lipinski definition) is 3. The standard InChI is InChI=1S/C22H21N3O3/c1-15-21(27)23-19(22(28)25(15)12-16-7-3-2-4-8-16)11-17-13-24(14-26)20-10-6-5-9-18(17)20/h2-10,13-15,19H,11-12H2,1H3,(H,23,27)/t15-,19-/m1/s1. The van der Waals surface area contributed by atoms with Gasteiger partial charge in [0.1, 0.15) is 12.1 Å². The van der Waals surface area contributed by atoms with Crippen LogP contribution in [-0.4, -0.2) is 39.8 Å². The van der Waals surface area contributed by atoms with Crippen LogP contribution >= 0.6 is 0 Å². The van der Waals surface area contributed by atoms with Crippen LogP contribution in [0.3, 0.4) is 0 Å². The number of fused-ring (bicyclic) bond motifs is 1. The van der Waals surface area contributed by atoms with E-state index >= 15 is 0 Å². The number of amides is 2. The third kappa shape index (κ3) is 3.17. The minimum Gasteiger partial charge on any atom is -0.342 e. The summed E-state index contributed by atoms with van der Waals surface area (Å²) in [6, 6.07) is 16.0. The van der Waals surface area contributed by atoms with Crippen molar-refractivity contribution in [3.63, 3.8) is 0 Å². The van der Waals surface area contributed by atoms with Crippen molar-refractivity contribution in [2.24, 2.45) is 0 Å². The second-order valence-electron chi connectivity index (χ2n) is 7.08. The molecular weight excluding hydrogens is 354 g/mol. The van der Waals surface area contributed by atoms with Crippen LogP contribution in [-0.2, 0) is 27.3 Å². The maximum Gasteiger partial charge on any atom is 0.246 e. The van der Waals surface area contributed by atoms with E-state index in [0.29, 0.717) is 13.0 Å². The molecule has 1 saturated heterocycles. The van der Waals surface area contributed by atoms with Gasteiger partial charge in [-0.2, -0.15) is 0 Å². The Balaban J connectivity index is 1.62. The van der Waals surface area contributed by atoms with Crippen molar-refractivity contribution in [3.05, 3.63) is 71.9 Å². The van der Waals surface area contributed by atoms with Crippen molar-refractivity contribution >= 4 is 29.1 Å².